The van der Waals surface area contributed by atoms with Crippen LogP contribution >= 0.6 is 23.5 Å². The van der Waals surface area contributed by atoms with Crippen LogP contribution in [0.25, 0.3) is 11.2 Å². The van der Waals surface area contributed by atoms with Crippen LogP contribution in [-0.2, 0) is 31.6 Å². The number of halogens is 1. The van der Waals surface area contributed by atoms with Crippen LogP contribution in [0.3, 0.4) is 0 Å². The number of nitrogens with zero attached hydrogens (tertiary/aromatic N) is 4. The Morgan fingerprint density at radius 1 is 1.18 bits per heavy atom. The number of imidazole rings is 1. The molecule has 2 aromatic rings. The zero-order valence-electron chi connectivity index (χ0n) is 16.9. The summed E-state index contributed by atoms with van der Waals surface area (Å²) in [6.45, 7) is -1.94. The Labute approximate surface area is 188 Å². The first-order valence-corrected chi connectivity index (χ1v) is 13.3. The minimum absolute atomic E-state index is 0.0209. The van der Waals surface area contributed by atoms with Crippen LogP contribution in [0.5, 0.6) is 0 Å². The van der Waals surface area contributed by atoms with Gasteiger partial charge in [-0.15, -0.1) is 0 Å². The van der Waals surface area contributed by atoms with Crippen LogP contribution in [0.15, 0.2) is 12.7 Å². The molecule has 18 nitrogen and oxygen atoms in total. The monoisotopic (exact) mass is 553 g/mol. The minimum atomic E-state index is -5.84. The molecule has 2 aromatic heterocycles. The van der Waals surface area contributed by atoms with Gasteiger partial charge in [-0.1, -0.05) is 0 Å². The second-order valence-electron chi connectivity index (χ2n) is 7.24. The first-order valence-electron chi connectivity index (χ1n) is 8.79. The highest BCUT2D eigenvalue weighted by Crippen LogP contribution is 2.66. The molecular weight excluding hydrogens is 534 g/mol. The first-order chi connectivity index (χ1) is 15.4. The van der Waals surface area contributed by atoms with E-state index in [4.69, 9.17) is 20.3 Å². The molecule has 22 heteroatoms. The van der Waals surface area contributed by atoms with Crippen molar-refractivity contribution in [3.8, 4) is 0 Å². The zero-order valence-corrected chi connectivity index (χ0v) is 19.5. The largest absolute Gasteiger partial charge is 0.490 e. The molecule has 2 unspecified atom stereocenters. The molecule has 1 saturated heterocycles. The SMILES string of the molecule is C[C@@]1(O)[C@H](O)[C@@](CF)(COP(=O)(O)OP(=O)(O)OP(=O)(O)O)O[C@H]1n1cnc2c(N)ncnc21. The fourth-order valence-electron chi connectivity index (χ4n) is 3.20. The summed E-state index contributed by atoms with van der Waals surface area (Å²) >= 11 is 0. The summed E-state index contributed by atoms with van der Waals surface area (Å²) in [6, 6.07) is 0. The van der Waals surface area contributed by atoms with Gasteiger partial charge in [0.05, 0.1) is 12.9 Å². The van der Waals surface area contributed by atoms with E-state index in [1.807, 2.05) is 0 Å². The molecule has 0 amide bonds. The zero-order chi connectivity index (χ0) is 25.7. The van der Waals surface area contributed by atoms with Crippen molar-refractivity contribution >= 4 is 40.4 Å². The highest BCUT2D eigenvalue weighted by atomic mass is 31.3. The minimum Gasteiger partial charge on any atom is -0.387 e. The lowest BCUT2D eigenvalue weighted by atomic mass is 9.88. The summed E-state index contributed by atoms with van der Waals surface area (Å²) in [5, 5.41) is 21.5. The van der Waals surface area contributed by atoms with E-state index >= 15 is 0 Å². The third-order valence-corrected chi connectivity index (χ3v) is 8.43. The van der Waals surface area contributed by atoms with E-state index in [0.717, 1.165) is 24.1 Å². The van der Waals surface area contributed by atoms with Crippen molar-refractivity contribution < 1.29 is 65.8 Å². The molecule has 1 fully saturated rings. The van der Waals surface area contributed by atoms with Gasteiger partial charge < -0.3 is 40.3 Å². The van der Waals surface area contributed by atoms with Gasteiger partial charge in [-0.05, 0) is 6.92 Å². The topological polar surface area (TPSA) is 279 Å². The summed E-state index contributed by atoms with van der Waals surface area (Å²) in [6.07, 6.45) is -1.59. The highest BCUT2D eigenvalue weighted by molar-refractivity contribution is 7.66. The van der Waals surface area contributed by atoms with E-state index in [9.17, 15) is 38.1 Å². The van der Waals surface area contributed by atoms with Gasteiger partial charge >= 0.3 is 23.5 Å². The maximum absolute atomic E-state index is 14.1. The molecule has 0 aromatic carbocycles. The normalized spacial score (nSPS) is 31.4. The number of alkyl halides is 1. The average Bonchev–Trinajstić information content (AvgIpc) is 3.17. The summed E-state index contributed by atoms with van der Waals surface area (Å²) in [5.41, 5.74) is 0.959. The highest BCUT2D eigenvalue weighted by Gasteiger charge is 2.63. The number of hydrogen-bond acceptors (Lipinski definition) is 13. The molecular formula is C12H19FN5O13P3. The third kappa shape index (κ3) is 5.37. The molecule has 34 heavy (non-hydrogen) atoms. The fourth-order valence-corrected chi connectivity index (χ4v) is 6.28. The number of aromatic nitrogens is 4. The quantitative estimate of drug-likeness (QED) is 0.185. The standard InChI is InChI=1S/C12H19FN5O13P3/c1-11(20)9(19)12(2-13,3-28-33(24,25)31-34(26,27)30-32(21,22)23)29-10(11)18-5-17-6-7(14)15-4-16-8(6)18/h4-5,9-10,19-20H,2-3H2,1H3,(H,24,25)(H,26,27)(H2,14,15,16)(H2,21,22,23)/t9-,10+,11+,12+/m0/s1. The predicted octanol–water partition coefficient (Wildman–Crippen LogP) is -0.899. The number of rotatable bonds is 9. The van der Waals surface area contributed by atoms with Gasteiger partial charge in [-0.2, -0.15) is 8.62 Å². The van der Waals surface area contributed by atoms with Gasteiger partial charge in [-0.3, -0.25) is 9.09 Å². The average molecular weight is 553 g/mol. The van der Waals surface area contributed by atoms with E-state index in [-0.39, 0.29) is 17.0 Å². The van der Waals surface area contributed by atoms with Gasteiger partial charge in [0.2, 0.25) is 0 Å². The number of nitrogens with two attached hydrogens (primary N) is 1. The molecule has 0 radical (unpaired) electrons. The number of anilines is 1. The smallest absolute Gasteiger partial charge is 0.387 e. The number of hydrogen-bond donors (Lipinski definition) is 7. The molecule has 0 saturated carbocycles. The van der Waals surface area contributed by atoms with Crippen molar-refractivity contribution in [2.75, 3.05) is 19.0 Å². The van der Waals surface area contributed by atoms with Gasteiger partial charge in [0, 0.05) is 0 Å². The number of nitrogen functional groups attached to an aromatic ring is 1. The Hall–Kier alpha value is -1.43. The lowest BCUT2D eigenvalue weighted by Crippen LogP contribution is -2.53. The predicted molar refractivity (Wildman–Crippen MR) is 105 cm³/mol. The van der Waals surface area contributed by atoms with Crippen LogP contribution < -0.4 is 5.73 Å². The Bertz CT molecular complexity index is 1220. The number of phosphoric acid groups is 3. The molecule has 0 aliphatic carbocycles. The molecule has 192 valence electrons. The Morgan fingerprint density at radius 2 is 1.82 bits per heavy atom. The van der Waals surface area contributed by atoms with E-state index in [1.165, 1.54) is 0 Å². The fraction of sp³-hybridized carbons (Fsp3) is 0.583. The molecule has 6 atom stereocenters. The Kier molecular flexibility index (Phi) is 7.11. The molecule has 0 bridgehead atoms. The maximum atomic E-state index is 14.1. The molecule has 0 spiro atoms. The summed E-state index contributed by atoms with van der Waals surface area (Å²) in [5.74, 6) is -0.0358. The molecule has 1 aliphatic rings. The van der Waals surface area contributed by atoms with E-state index in [2.05, 4.69) is 28.1 Å². The Balaban J connectivity index is 1.86. The number of fused-ring (bicyclic) bond motifs is 1. The van der Waals surface area contributed by atoms with Gasteiger partial charge in [0.15, 0.2) is 23.3 Å². The van der Waals surface area contributed by atoms with Crippen LogP contribution in [0.2, 0.25) is 0 Å². The second kappa shape index (κ2) is 8.90. The summed E-state index contributed by atoms with van der Waals surface area (Å²) in [7, 11) is -17.1. The number of aliphatic hydroxyl groups excluding tert-OH is 1. The van der Waals surface area contributed by atoms with Crippen LogP contribution in [-0.4, -0.2) is 79.9 Å². The first kappa shape index (κ1) is 27.2. The number of phosphoric ester groups is 1. The molecule has 1 aliphatic heterocycles. The Morgan fingerprint density at radius 3 is 2.41 bits per heavy atom. The summed E-state index contributed by atoms with van der Waals surface area (Å²) < 4.78 is 66.3. The number of aliphatic hydroxyl groups is 2. The van der Waals surface area contributed by atoms with Gasteiger partial charge in [-0.25, -0.2) is 33.0 Å². The maximum Gasteiger partial charge on any atom is 0.490 e. The summed E-state index contributed by atoms with van der Waals surface area (Å²) in [4.78, 5) is 47.6. The molecule has 8 N–H and O–H groups in total. The van der Waals surface area contributed by atoms with Crippen LogP contribution in [0.4, 0.5) is 10.2 Å². The van der Waals surface area contributed by atoms with E-state index in [1.54, 1.807) is 0 Å². The van der Waals surface area contributed by atoms with Crippen LogP contribution in [0, 0.1) is 0 Å². The van der Waals surface area contributed by atoms with Crippen molar-refractivity contribution in [2.24, 2.45) is 0 Å². The van der Waals surface area contributed by atoms with E-state index in [0.29, 0.717) is 0 Å². The lowest BCUT2D eigenvalue weighted by Gasteiger charge is -2.31. The van der Waals surface area contributed by atoms with Crippen molar-refractivity contribution in [3.63, 3.8) is 0 Å². The van der Waals surface area contributed by atoms with Gasteiger partial charge in [0.25, 0.3) is 0 Å². The molecule has 3 heterocycles. The van der Waals surface area contributed by atoms with Crippen LogP contribution in [0.1, 0.15) is 13.2 Å². The van der Waals surface area contributed by atoms with Crippen molar-refractivity contribution in [3.05, 3.63) is 12.7 Å². The van der Waals surface area contributed by atoms with Crippen molar-refractivity contribution in [2.45, 2.75) is 30.5 Å². The lowest BCUT2D eigenvalue weighted by molar-refractivity contribution is -0.135. The van der Waals surface area contributed by atoms with Crippen molar-refractivity contribution in [1.29, 1.82) is 0 Å². The third-order valence-electron chi connectivity index (χ3n) is 4.65. The second-order valence-corrected chi connectivity index (χ2v) is 11.7. The molecule has 3 rings (SSSR count). The van der Waals surface area contributed by atoms with Gasteiger partial charge in [0.1, 0.15) is 30.2 Å². The van der Waals surface area contributed by atoms with E-state index < -0.39 is 60.3 Å². The van der Waals surface area contributed by atoms with Crippen molar-refractivity contribution in [1.82, 2.24) is 19.5 Å². The number of ether oxygens (including phenoxy) is 1.